The number of nitrogens with zero attached hydrogens (tertiary/aromatic N) is 4. The Labute approximate surface area is 244 Å². The summed E-state index contributed by atoms with van der Waals surface area (Å²) in [5, 5.41) is 3.37. The first-order valence-corrected chi connectivity index (χ1v) is 12.6. The van der Waals surface area contributed by atoms with E-state index in [4.69, 9.17) is 5.73 Å². The van der Waals surface area contributed by atoms with Gasteiger partial charge >= 0.3 is 0 Å². The van der Waals surface area contributed by atoms with Crippen LogP contribution in [0.4, 0.5) is 5.69 Å². The van der Waals surface area contributed by atoms with Gasteiger partial charge in [0.2, 0.25) is 0 Å². The number of rotatable bonds is 11. The quantitative estimate of drug-likeness (QED) is 0.210. The van der Waals surface area contributed by atoms with Gasteiger partial charge in [-0.1, -0.05) is 32.6 Å². The number of likely N-dealkylation sites (N-methyl/N-ethyl adjacent to an activating group) is 2. The van der Waals surface area contributed by atoms with E-state index >= 15 is 0 Å². The van der Waals surface area contributed by atoms with Gasteiger partial charge < -0.3 is 16.0 Å². The topological polar surface area (TPSA) is 60.4 Å². The number of pyridine rings is 1. The summed E-state index contributed by atoms with van der Waals surface area (Å²) in [7, 11) is 6.30. The molecule has 0 radical (unpaired) electrons. The standard InChI is InChI=1S/C29H40N6.C2H2.W/c1-7-9-22(2)32-28-18-26(19-31-20-28)25-11-8-10-24(17-25)16-23(3)35-21-27(30)12-13-29(35)34(6)15-14-33(4)5;1-2;/h8,11-13,17-20,27,32H,2-3,7,9,14-16,21,30H2,1,4-6H3;1-2H;. The Bertz CT molecular complexity index is 1150. The minimum atomic E-state index is -0.0168. The van der Waals surface area contributed by atoms with Crippen molar-refractivity contribution in [2.75, 3.05) is 46.1 Å². The molecule has 1 unspecified atom stereocenters. The van der Waals surface area contributed by atoms with Gasteiger partial charge in [-0.25, -0.2) is 4.90 Å². The Balaban J connectivity index is 0.00000235. The number of terminal acetylenes is 1. The first-order chi connectivity index (χ1) is 17.8. The molecule has 7 heteroatoms. The molecule has 0 fully saturated rings. The summed E-state index contributed by atoms with van der Waals surface area (Å²) in [5.74, 6) is 1.13. The summed E-state index contributed by atoms with van der Waals surface area (Å²) in [6.07, 6.45) is 18.6. The van der Waals surface area contributed by atoms with E-state index in [1.165, 1.54) is 0 Å². The van der Waals surface area contributed by atoms with Crippen molar-refractivity contribution in [2.45, 2.75) is 32.2 Å². The third-order valence-corrected chi connectivity index (χ3v) is 6.02. The number of benzene rings is 1. The molecule has 1 aromatic heterocycles. The molecule has 202 valence electrons. The second-order valence-corrected chi connectivity index (χ2v) is 9.50. The van der Waals surface area contributed by atoms with Gasteiger partial charge in [0.25, 0.3) is 5.84 Å². The van der Waals surface area contributed by atoms with Gasteiger partial charge in [0.15, 0.2) is 0 Å². The van der Waals surface area contributed by atoms with Crippen LogP contribution >= 0.6 is 0 Å². The number of hydrogen-bond donors (Lipinski definition) is 2. The Morgan fingerprint density at radius 3 is 2.68 bits per heavy atom. The maximum absolute atomic E-state index is 6.27. The fourth-order valence-corrected chi connectivity index (χ4v) is 4.10. The molecule has 1 aromatic carbocycles. The van der Waals surface area contributed by atoms with E-state index in [0.29, 0.717) is 6.42 Å². The molecule has 38 heavy (non-hydrogen) atoms. The van der Waals surface area contributed by atoms with E-state index in [1.54, 1.807) is 0 Å². The summed E-state index contributed by atoms with van der Waals surface area (Å²) < 4.78 is 2.27. The largest absolute Gasteiger partial charge is 0.358 e. The maximum Gasteiger partial charge on any atom is 0.276 e. The molecule has 3 N–H and O–H groups in total. The van der Waals surface area contributed by atoms with E-state index in [-0.39, 0.29) is 27.1 Å². The van der Waals surface area contributed by atoms with Crippen LogP contribution in [0.3, 0.4) is 0 Å². The molecule has 3 rings (SSSR count). The monoisotopic (exact) mass is 682 g/mol. The fraction of sp³-hybridized carbons (Fsp3) is 0.355. The van der Waals surface area contributed by atoms with E-state index in [1.807, 2.05) is 18.5 Å². The predicted molar refractivity (Wildman–Crippen MR) is 157 cm³/mol. The van der Waals surface area contributed by atoms with Gasteiger partial charge in [0.05, 0.1) is 37.2 Å². The van der Waals surface area contributed by atoms with Crippen molar-refractivity contribution in [3.63, 3.8) is 0 Å². The van der Waals surface area contributed by atoms with Crippen molar-refractivity contribution in [3.05, 3.63) is 85.0 Å². The van der Waals surface area contributed by atoms with E-state index in [0.717, 1.165) is 72.1 Å². The average molecular weight is 683 g/mol. The SMILES string of the molecule is C#C.C=C(CCC)Nc1cncc(-c2cc[c-]c(CC(=C)N3CC(N)C=CC3=[N+](C)CCN(C)C)c2)c1.[W]. The van der Waals surface area contributed by atoms with Crippen molar-refractivity contribution in [2.24, 2.45) is 5.73 Å². The third-order valence-electron chi connectivity index (χ3n) is 6.02. The summed E-state index contributed by atoms with van der Waals surface area (Å²) in [5.41, 5.74) is 12.5. The zero-order chi connectivity index (χ0) is 27.4. The number of amidine groups is 1. The van der Waals surface area contributed by atoms with Crippen molar-refractivity contribution < 1.29 is 25.6 Å². The number of hydrogen-bond acceptors (Lipinski definition) is 4. The first-order valence-electron chi connectivity index (χ1n) is 12.6. The second-order valence-electron chi connectivity index (χ2n) is 9.50. The molecular weight excluding hydrogens is 640 g/mol. The zero-order valence-corrected chi connectivity index (χ0v) is 26.2. The van der Waals surface area contributed by atoms with Gasteiger partial charge in [0.1, 0.15) is 6.54 Å². The van der Waals surface area contributed by atoms with Crippen molar-refractivity contribution in [1.82, 2.24) is 14.8 Å². The van der Waals surface area contributed by atoms with Crippen molar-refractivity contribution in [1.29, 1.82) is 0 Å². The normalized spacial score (nSPS) is 15.7. The molecule has 1 atom stereocenters. The molecule has 0 amide bonds. The van der Waals surface area contributed by atoms with Gasteiger partial charge in [0, 0.05) is 52.0 Å². The van der Waals surface area contributed by atoms with Crippen LogP contribution in [0.25, 0.3) is 11.1 Å². The Hall–Kier alpha value is -2.97. The average Bonchev–Trinajstić information content (AvgIpc) is 2.89. The maximum atomic E-state index is 6.27. The van der Waals surface area contributed by atoms with Gasteiger partial charge in [-0.05, 0) is 32.1 Å². The second kappa shape index (κ2) is 16.8. The summed E-state index contributed by atoms with van der Waals surface area (Å²) in [6.45, 7) is 13.3. The zero-order valence-electron chi connectivity index (χ0n) is 23.3. The van der Waals surface area contributed by atoms with E-state index in [2.05, 4.69) is 115 Å². The number of anilines is 1. The van der Waals surface area contributed by atoms with Crippen LogP contribution in [0.15, 0.2) is 73.4 Å². The van der Waals surface area contributed by atoms with Crippen LogP contribution in [0.2, 0.25) is 0 Å². The van der Waals surface area contributed by atoms with Gasteiger partial charge in [-0.2, -0.15) is 29.8 Å². The molecule has 6 nitrogen and oxygen atoms in total. The summed E-state index contributed by atoms with van der Waals surface area (Å²) in [4.78, 5) is 8.86. The molecule has 0 aliphatic carbocycles. The molecule has 0 saturated carbocycles. The van der Waals surface area contributed by atoms with Crippen LogP contribution in [-0.4, -0.2) is 72.0 Å². The Morgan fingerprint density at radius 1 is 1.26 bits per heavy atom. The van der Waals surface area contributed by atoms with Crippen molar-refractivity contribution >= 4 is 11.5 Å². The fourth-order valence-electron chi connectivity index (χ4n) is 4.10. The third kappa shape index (κ3) is 10.1. The molecule has 2 heterocycles. The number of nitrogens with two attached hydrogens (primary N) is 1. The van der Waals surface area contributed by atoms with Crippen molar-refractivity contribution in [3.8, 4) is 24.0 Å². The molecule has 1 aliphatic rings. The van der Waals surface area contributed by atoms with E-state index in [9.17, 15) is 0 Å². The van der Waals surface area contributed by atoms with Crippen LogP contribution in [-0.2, 0) is 27.5 Å². The molecule has 2 aromatic rings. The van der Waals surface area contributed by atoms with E-state index < -0.39 is 0 Å². The summed E-state index contributed by atoms with van der Waals surface area (Å²) >= 11 is 0. The van der Waals surface area contributed by atoms with Crippen LogP contribution in [0.5, 0.6) is 0 Å². The summed E-state index contributed by atoms with van der Waals surface area (Å²) in [6, 6.07) is 11.7. The number of nitrogens with one attached hydrogen (secondary N) is 1. The molecular formula is C31H42N6W. The Morgan fingerprint density at radius 2 is 2.00 bits per heavy atom. The number of aromatic nitrogens is 1. The molecule has 0 saturated heterocycles. The first kappa shape index (κ1) is 33.1. The van der Waals surface area contributed by atoms with Crippen LogP contribution in [0.1, 0.15) is 25.3 Å². The minimum Gasteiger partial charge on any atom is -0.358 e. The van der Waals surface area contributed by atoms with Gasteiger partial charge in [-0.15, -0.1) is 18.4 Å². The molecule has 0 bridgehead atoms. The van der Waals surface area contributed by atoms with Crippen LogP contribution in [0, 0.1) is 18.9 Å². The minimum absolute atomic E-state index is 0. The Kier molecular flexibility index (Phi) is 14.6. The van der Waals surface area contributed by atoms with Crippen LogP contribution < -0.4 is 11.1 Å². The smallest absolute Gasteiger partial charge is 0.276 e. The van der Waals surface area contributed by atoms with Gasteiger partial charge in [-0.3, -0.25) is 9.56 Å². The molecule has 1 aliphatic heterocycles. The predicted octanol–water partition coefficient (Wildman–Crippen LogP) is 4.38. The molecule has 0 spiro atoms. The number of allylic oxidation sites excluding steroid dienone is 2.